The number of carbonyl (C=O) groups excluding carboxylic acids is 1. The molecule has 2 N–H and O–H groups in total. The number of urea groups is 1. The van der Waals surface area contributed by atoms with Crippen molar-refractivity contribution in [3.8, 4) is 0 Å². The summed E-state index contributed by atoms with van der Waals surface area (Å²) >= 11 is 0. The van der Waals surface area contributed by atoms with Crippen molar-refractivity contribution in [1.29, 1.82) is 0 Å². The lowest BCUT2D eigenvalue weighted by Gasteiger charge is -2.32. The van der Waals surface area contributed by atoms with Gasteiger partial charge in [0.2, 0.25) is 0 Å². The fourth-order valence-electron chi connectivity index (χ4n) is 2.66. The Hall–Kier alpha value is -0.770. The van der Waals surface area contributed by atoms with E-state index < -0.39 is 0 Å². The van der Waals surface area contributed by atoms with Gasteiger partial charge in [-0.15, -0.1) is 0 Å². The standard InChI is InChI=1S/C10H19N3O/c1-11-10(14)12-8-5-7-13-6-3-2-4-9(8)13/h8-9H,2-7H2,1H3,(H2,11,12,14). The first-order valence-electron chi connectivity index (χ1n) is 5.53. The first-order chi connectivity index (χ1) is 6.81. The molecule has 2 saturated heterocycles. The van der Waals surface area contributed by atoms with Crippen molar-refractivity contribution in [1.82, 2.24) is 15.5 Å². The highest BCUT2D eigenvalue weighted by Gasteiger charge is 2.35. The van der Waals surface area contributed by atoms with Gasteiger partial charge in [-0.1, -0.05) is 6.42 Å². The van der Waals surface area contributed by atoms with E-state index in [-0.39, 0.29) is 6.03 Å². The lowest BCUT2D eigenvalue weighted by molar-refractivity contribution is 0.179. The smallest absolute Gasteiger partial charge is 0.314 e. The molecule has 2 aliphatic rings. The highest BCUT2D eigenvalue weighted by Crippen LogP contribution is 2.26. The average molecular weight is 197 g/mol. The second-order valence-corrected chi connectivity index (χ2v) is 4.22. The molecule has 0 bridgehead atoms. The van der Waals surface area contributed by atoms with Crippen LogP contribution in [-0.4, -0.2) is 43.2 Å². The lowest BCUT2D eigenvalue weighted by Crippen LogP contribution is -2.49. The maximum Gasteiger partial charge on any atom is 0.314 e. The third-order valence-corrected chi connectivity index (χ3v) is 3.40. The topological polar surface area (TPSA) is 44.4 Å². The molecule has 0 aromatic heterocycles. The van der Waals surface area contributed by atoms with Crippen LogP contribution in [0.2, 0.25) is 0 Å². The molecule has 2 heterocycles. The molecule has 0 saturated carbocycles. The minimum atomic E-state index is -0.0394. The summed E-state index contributed by atoms with van der Waals surface area (Å²) in [6.45, 7) is 2.37. The van der Waals surface area contributed by atoms with Crippen LogP contribution in [0.15, 0.2) is 0 Å². The van der Waals surface area contributed by atoms with Gasteiger partial charge in [0.05, 0.1) is 0 Å². The molecular formula is C10H19N3O. The van der Waals surface area contributed by atoms with Gasteiger partial charge in [0, 0.05) is 25.7 Å². The van der Waals surface area contributed by atoms with Crippen LogP contribution in [0.25, 0.3) is 0 Å². The Morgan fingerprint density at radius 1 is 1.29 bits per heavy atom. The second-order valence-electron chi connectivity index (χ2n) is 4.22. The SMILES string of the molecule is CNC(=O)NC1CCN2CCCCC12. The molecule has 80 valence electrons. The summed E-state index contributed by atoms with van der Waals surface area (Å²) in [5, 5.41) is 5.65. The van der Waals surface area contributed by atoms with Crippen LogP contribution in [0.1, 0.15) is 25.7 Å². The van der Waals surface area contributed by atoms with Gasteiger partial charge in [-0.25, -0.2) is 4.79 Å². The number of hydrogen-bond acceptors (Lipinski definition) is 2. The predicted molar refractivity (Wildman–Crippen MR) is 55.2 cm³/mol. The number of fused-ring (bicyclic) bond motifs is 1. The maximum absolute atomic E-state index is 11.2. The van der Waals surface area contributed by atoms with Crippen LogP contribution >= 0.6 is 0 Å². The molecule has 4 nitrogen and oxygen atoms in total. The number of amides is 2. The molecule has 0 aromatic carbocycles. The minimum absolute atomic E-state index is 0.0394. The van der Waals surface area contributed by atoms with Crippen molar-refractivity contribution in [2.24, 2.45) is 0 Å². The van der Waals surface area contributed by atoms with E-state index in [4.69, 9.17) is 0 Å². The van der Waals surface area contributed by atoms with Crippen LogP contribution in [-0.2, 0) is 0 Å². The van der Waals surface area contributed by atoms with E-state index in [2.05, 4.69) is 15.5 Å². The zero-order valence-electron chi connectivity index (χ0n) is 8.75. The maximum atomic E-state index is 11.2. The average Bonchev–Trinajstić information content (AvgIpc) is 2.62. The summed E-state index contributed by atoms with van der Waals surface area (Å²) in [6.07, 6.45) is 4.99. The van der Waals surface area contributed by atoms with Gasteiger partial charge in [-0.2, -0.15) is 0 Å². The van der Waals surface area contributed by atoms with E-state index >= 15 is 0 Å². The van der Waals surface area contributed by atoms with Gasteiger partial charge in [0.15, 0.2) is 0 Å². The summed E-state index contributed by atoms with van der Waals surface area (Å²) in [7, 11) is 1.67. The number of piperidine rings is 1. The summed E-state index contributed by atoms with van der Waals surface area (Å²) in [4.78, 5) is 13.7. The second kappa shape index (κ2) is 4.17. The number of rotatable bonds is 1. The zero-order valence-corrected chi connectivity index (χ0v) is 8.75. The highest BCUT2D eigenvalue weighted by atomic mass is 16.2. The first-order valence-corrected chi connectivity index (χ1v) is 5.53. The molecule has 4 heteroatoms. The molecule has 0 radical (unpaired) electrons. The number of carbonyl (C=O) groups is 1. The van der Waals surface area contributed by atoms with Crippen LogP contribution in [0.3, 0.4) is 0 Å². The molecule has 0 aliphatic carbocycles. The highest BCUT2D eigenvalue weighted by molar-refractivity contribution is 5.73. The van der Waals surface area contributed by atoms with Crippen molar-refractivity contribution in [2.75, 3.05) is 20.1 Å². The quantitative estimate of drug-likeness (QED) is 0.644. The van der Waals surface area contributed by atoms with Crippen molar-refractivity contribution >= 4 is 6.03 Å². The van der Waals surface area contributed by atoms with Gasteiger partial charge < -0.3 is 10.6 Å². The molecule has 14 heavy (non-hydrogen) atoms. The Morgan fingerprint density at radius 2 is 2.14 bits per heavy atom. The van der Waals surface area contributed by atoms with E-state index in [9.17, 15) is 4.79 Å². The Kier molecular flexibility index (Phi) is 2.91. The van der Waals surface area contributed by atoms with Crippen LogP contribution in [0, 0.1) is 0 Å². The third-order valence-electron chi connectivity index (χ3n) is 3.40. The molecule has 2 atom stereocenters. The van der Waals surface area contributed by atoms with Crippen molar-refractivity contribution < 1.29 is 4.79 Å². The lowest BCUT2D eigenvalue weighted by atomic mass is 9.99. The van der Waals surface area contributed by atoms with Crippen LogP contribution < -0.4 is 10.6 Å². The number of nitrogens with zero attached hydrogens (tertiary/aromatic N) is 1. The number of hydrogen-bond donors (Lipinski definition) is 2. The molecule has 0 spiro atoms. The predicted octanol–water partition coefficient (Wildman–Crippen LogP) is 0.542. The summed E-state index contributed by atoms with van der Waals surface area (Å²) in [5.74, 6) is 0. The van der Waals surface area contributed by atoms with Crippen LogP contribution in [0.5, 0.6) is 0 Å². The molecule has 2 fully saturated rings. The normalized spacial score (nSPS) is 32.4. The molecule has 2 unspecified atom stereocenters. The van der Waals surface area contributed by atoms with Gasteiger partial charge >= 0.3 is 6.03 Å². The Bertz CT molecular complexity index is 219. The van der Waals surface area contributed by atoms with Gasteiger partial charge in [-0.3, -0.25) is 4.90 Å². The number of nitrogens with one attached hydrogen (secondary N) is 2. The molecular weight excluding hydrogens is 178 g/mol. The Morgan fingerprint density at radius 3 is 2.93 bits per heavy atom. The van der Waals surface area contributed by atoms with Crippen molar-refractivity contribution in [2.45, 2.75) is 37.8 Å². The fraction of sp³-hybridized carbons (Fsp3) is 0.900. The van der Waals surface area contributed by atoms with E-state index in [1.807, 2.05) is 0 Å². The van der Waals surface area contributed by atoms with E-state index in [1.54, 1.807) is 7.05 Å². The Labute approximate surface area is 85.0 Å². The largest absolute Gasteiger partial charge is 0.341 e. The van der Waals surface area contributed by atoms with E-state index in [1.165, 1.54) is 25.8 Å². The summed E-state index contributed by atoms with van der Waals surface area (Å²) in [6, 6.07) is 0.929. The van der Waals surface area contributed by atoms with Gasteiger partial charge in [0.1, 0.15) is 0 Å². The van der Waals surface area contributed by atoms with E-state index in [0.29, 0.717) is 12.1 Å². The monoisotopic (exact) mass is 197 g/mol. The third kappa shape index (κ3) is 1.85. The van der Waals surface area contributed by atoms with Crippen molar-refractivity contribution in [3.63, 3.8) is 0 Å². The first kappa shape index (κ1) is 9.77. The van der Waals surface area contributed by atoms with Crippen molar-refractivity contribution in [3.05, 3.63) is 0 Å². The fourth-order valence-corrected chi connectivity index (χ4v) is 2.66. The molecule has 2 rings (SSSR count). The molecule has 2 amide bonds. The van der Waals surface area contributed by atoms with Gasteiger partial charge in [0.25, 0.3) is 0 Å². The summed E-state index contributed by atoms with van der Waals surface area (Å²) in [5.41, 5.74) is 0. The summed E-state index contributed by atoms with van der Waals surface area (Å²) < 4.78 is 0. The van der Waals surface area contributed by atoms with E-state index in [0.717, 1.165) is 13.0 Å². The van der Waals surface area contributed by atoms with Gasteiger partial charge in [-0.05, 0) is 25.8 Å². The zero-order chi connectivity index (χ0) is 9.97. The minimum Gasteiger partial charge on any atom is -0.341 e. The Balaban J connectivity index is 1.90. The molecule has 0 aromatic rings. The van der Waals surface area contributed by atoms with Crippen LogP contribution in [0.4, 0.5) is 4.79 Å². The molecule has 2 aliphatic heterocycles.